The van der Waals surface area contributed by atoms with Crippen molar-refractivity contribution in [3.8, 4) is 5.75 Å². The monoisotopic (exact) mass is 508 g/mol. The number of allylic oxidation sites excluding steroid dienone is 8. The van der Waals surface area contributed by atoms with Crippen LogP contribution in [-0.4, -0.2) is 7.11 Å². The number of ether oxygens (including phenoxy) is 1. The molecule has 0 N–H and O–H groups in total. The van der Waals surface area contributed by atoms with Crippen molar-refractivity contribution in [1.29, 1.82) is 0 Å². The summed E-state index contributed by atoms with van der Waals surface area (Å²) in [7, 11) is 1.81. The molecule has 0 unspecified atom stereocenters. The van der Waals surface area contributed by atoms with E-state index in [9.17, 15) is 0 Å². The summed E-state index contributed by atoms with van der Waals surface area (Å²) in [4.78, 5) is 0. The second kappa shape index (κ2) is 10.2. The predicted molar refractivity (Wildman–Crippen MR) is 113 cm³/mol. The Balaban J connectivity index is 0.00000210. The van der Waals surface area contributed by atoms with Crippen LogP contribution in [0.15, 0.2) is 49.1 Å². The van der Waals surface area contributed by atoms with Gasteiger partial charge in [0.1, 0.15) is 0 Å². The van der Waals surface area contributed by atoms with Crippen molar-refractivity contribution in [2.24, 2.45) is 0 Å². The van der Waals surface area contributed by atoms with Crippen LogP contribution in [0, 0.1) is 0 Å². The number of halogens is 2. The third kappa shape index (κ3) is 5.99. The molecule has 0 fully saturated rings. The van der Waals surface area contributed by atoms with Gasteiger partial charge in [0.15, 0.2) is 0 Å². The second-order valence-electron chi connectivity index (χ2n) is 9.55. The molecule has 0 atom stereocenters. The smallest absolute Gasteiger partial charge is 1.00 e. The molecule has 0 amide bonds. The van der Waals surface area contributed by atoms with Crippen LogP contribution in [0.1, 0.15) is 71.1 Å². The van der Waals surface area contributed by atoms with Crippen LogP contribution >= 0.6 is 0 Å². The number of methoxy groups -OCH3 is 1. The largest absolute Gasteiger partial charge is 1.00 e. The molecule has 0 radical (unpaired) electrons. The Hall–Kier alpha value is -0.557. The molecule has 1 aromatic carbocycles. The van der Waals surface area contributed by atoms with E-state index in [0.717, 1.165) is 12.2 Å². The molecule has 0 saturated heterocycles. The Morgan fingerprint density at radius 1 is 0.862 bits per heavy atom. The van der Waals surface area contributed by atoms with Crippen molar-refractivity contribution in [2.45, 2.75) is 65.2 Å². The fourth-order valence-corrected chi connectivity index (χ4v) is 7.11. The number of benzene rings is 1. The van der Waals surface area contributed by atoms with E-state index in [1.807, 2.05) is 7.11 Å². The molecule has 1 aromatic rings. The first-order chi connectivity index (χ1) is 12.6. The van der Waals surface area contributed by atoms with Crippen molar-refractivity contribution in [1.82, 2.24) is 0 Å². The molecule has 0 heterocycles. The molecular weight excluding hydrogens is 478 g/mol. The fraction of sp³-hybridized carbons (Fsp3) is 0.440. The van der Waals surface area contributed by atoms with Gasteiger partial charge in [0.05, 0.1) is 0 Å². The Morgan fingerprint density at radius 2 is 1.45 bits per heavy atom. The van der Waals surface area contributed by atoms with E-state index in [-0.39, 0.29) is 35.6 Å². The number of rotatable bonds is 4. The summed E-state index contributed by atoms with van der Waals surface area (Å²) in [5.74, 6) is 1.06. The van der Waals surface area contributed by atoms with Gasteiger partial charge < -0.3 is 24.8 Å². The van der Waals surface area contributed by atoms with Gasteiger partial charge in [-0.3, -0.25) is 0 Å². The minimum Gasteiger partial charge on any atom is -1.00 e. The minimum absolute atomic E-state index is 0. The van der Waals surface area contributed by atoms with Gasteiger partial charge in [0, 0.05) is 0 Å². The Labute approximate surface area is 201 Å². The average molecular weight is 511 g/mol. The summed E-state index contributed by atoms with van der Waals surface area (Å²) in [5.41, 5.74) is 5.57. The Bertz CT molecular complexity index is 827. The standard InChI is InChI=1S/C20H27O.C5H5.2ClH.Zr/c1-19(2,3)16-12-15(14-10-8-9-11-14)13-17(18(16)21-7)20(4,5)6;1-2-4-5-3-1;;;/h8,10,12-13H,9H2,1-7H3;1-3H,4H2;2*1H;/q;;;;+2/p-2. The molecule has 0 aliphatic heterocycles. The van der Waals surface area contributed by atoms with E-state index < -0.39 is 23.2 Å². The molecule has 29 heavy (non-hydrogen) atoms. The normalized spacial score (nSPS) is 15.6. The van der Waals surface area contributed by atoms with Crippen LogP contribution in [0.25, 0.3) is 5.57 Å². The van der Waals surface area contributed by atoms with Gasteiger partial charge in [-0.25, -0.2) is 0 Å². The quantitative estimate of drug-likeness (QED) is 0.585. The summed E-state index contributed by atoms with van der Waals surface area (Å²) in [6.07, 6.45) is 13.9. The molecule has 0 aromatic heterocycles. The van der Waals surface area contributed by atoms with E-state index in [1.165, 1.54) is 28.7 Å². The molecule has 0 bridgehead atoms. The van der Waals surface area contributed by atoms with Gasteiger partial charge >= 0.3 is 177 Å². The number of hydrogen-bond acceptors (Lipinski definition) is 1. The molecule has 3 rings (SSSR count). The van der Waals surface area contributed by atoms with Crippen LogP contribution in [0.3, 0.4) is 0 Å². The van der Waals surface area contributed by atoms with Gasteiger partial charge in [-0.05, 0) is 0 Å². The van der Waals surface area contributed by atoms with E-state index in [1.54, 1.807) is 6.56 Å². The van der Waals surface area contributed by atoms with Crippen LogP contribution in [0.2, 0.25) is 0 Å². The molecule has 2 aliphatic carbocycles. The van der Waals surface area contributed by atoms with Crippen LogP contribution in [0.5, 0.6) is 5.75 Å². The van der Waals surface area contributed by atoms with Crippen molar-refractivity contribution >= 4 is 5.57 Å². The zero-order valence-electron chi connectivity index (χ0n) is 18.6. The molecule has 0 spiro atoms. The maximum absolute atomic E-state index is 5.94. The van der Waals surface area contributed by atoms with Crippen LogP contribution < -0.4 is 29.6 Å². The summed E-state index contributed by atoms with van der Waals surface area (Å²) < 4.78 is 9.34. The predicted octanol–water partition coefficient (Wildman–Crippen LogP) is 0.896. The SMILES string of the molecule is COc1c(C(C)(C)C)cc(C2=[C]([Zr+2][C]3=CC=CC3)CC=C2)cc1C(C)(C)C.[Cl-].[Cl-]. The molecular formula is C25H32Cl2OZr. The van der Waals surface area contributed by atoms with E-state index in [4.69, 9.17) is 4.74 Å². The van der Waals surface area contributed by atoms with E-state index in [2.05, 4.69) is 84.1 Å². The van der Waals surface area contributed by atoms with Gasteiger partial charge in [0.2, 0.25) is 0 Å². The zero-order chi connectivity index (χ0) is 19.8. The first kappa shape index (κ1) is 26.5. The average Bonchev–Trinajstić information content (AvgIpc) is 3.24. The van der Waals surface area contributed by atoms with E-state index >= 15 is 0 Å². The zero-order valence-corrected chi connectivity index (χ0v) is 22.6. The third-order valence-electron chi connectivity index (χ3n) is 5.23. The van der Waals surface area contributed by atoms with Crippen LogP contribution in [-0.2, 0) is 34.1 Å². The minimum atomic E-state index is -0.671. The molecule has 2 aliphatic rings. The topological polar surface area (TPSA) is 9.23 Å². The molecule has 0 saturated carbocycles. The van der Waals surface area contributed by atoms with Gasteiger partial charge in [0.25, 0.3) is 0 Å². The van der Waals surface area contributed by atoms with Gasteiger partial charge in [-0.2, -0.15) is 0 Å². The maximum Gasteiger partial charge on any atom is -1.00 e. The summed E-state index contributed by atoms with van der Waals surface area (Å²) in [6.45, 7) is 13.7. The summed E-state index contributed by atoms with van der Waals surface area (Å²) in [6, 6.07) is 4.78. The van der Waals surface area contributed by atoms with E-state index in [0.29, 0.717) is 0 Å². The Kier molecular flexibility index (Phi) is 9.28. The van der Waals surface area contributed by atoms with Crippen molar-refractivity contribution < 1.29 is 52.8 Å². The summed E-state index contributed by atoms with van der Waals surface area (Å²) in [5, 5.41) is 0. The van der Waals surface area contributed by atoms with Crippen molar-refractivity contribution in [3.05, 3.63) is 65.8 Å². The first-order valence-electron chi connectivity index (χ1n) is 9.87. The van der Waals surface area contributed by atoms with Crippen LogP contribution in [0.4, 0.5) is 0 Å². The number of hydrogen-bond donors (Lipinski definition) is 0. The first-order valence-corrected chi connectivity index (χ1v) is 12.3. The summed E-state index contributed by atoms with van der Waals surface area (Å²) >= 11 is -0.671. The molecule has 4 heteroatoms. The molecule has 156 valence electrons. The van der Waals surface area contributed by atoms with Gasteiger partial charge in [-0.15, -0.1) is 0 Å². The fourth-order valence-electron chi connectivity index (χ4n) is 3.75. The maximum atomic E-state index is 5.94. The molecule has 1 nitrogen and oxygen atoms in total. The van der Waals surface area contributed by atoms with Crippen molar-refractivity contribution in [2.75, 3.05) is 7.11 Å². The third-order valence-corrected chi connectivity index (χ3v) is 8.84. The second-order valence-corrected chi connectivity index (χ2v) is 13.2. The van der Waals surface area contributed by atoms with Crippen molar-refractivity contribution in [3.63, 3.8) is 0 Å². The Morgan fingerprint density at radius 3 is 1.90 bits per heavy atom. The van der Waals surface area contributed by atoms with Gasteiger partial charge in [-0.1, -0.05) is 0 Å².